The first kappa shape index (κ1) is 29.3. The second-order valence-corrected chi connectivity index (χ2v) is 13.5. The SMILES string of the molecule is Cc1ccc(N(c2ccc(C)cc2)c2cc(-c3ccc4c(c3)C3CCCC4CC3)cc(N(c3ccccc3)c3ccccc3)c2)cc1. The maximum absolute atomic E-state index is 2.54. The summed E-state index contributed by atoms with van der Waals surface area (Å²) in [6, 6.07) is 53.9. The van der Waals surface area contributed by atoms with Crippen LogP contribution < -0.4 is 9.80 Å². The van der Waals surface area contributed by atoms with Crippen molar-refractivity contribution in [2.75, 3.05) is 9.80 Å². The van der Waals surface area contributed by atoms with Crippen molar-refractivity contribution in [2.45, 2.75) is 57.8 Å². The Labute approximate surface area is 280 Å². The molecule has 0 saturated heterocycles. The van der Waals surface area contributed by atoms with E-state index in [4.69, 9.17) is 0 Å². The molecular formula is C45H42N2. The van der Waals surface area contributed by atoms with Crippen LogP contribution in [-0.4, -0.2) is 0 Å². The molecule has 0 N–H and O–H groups in total. The Morgan fingerprint density at radius 3 is 1.36 bits per heavy atom. The van der Waals surface area contributed by atoms with Crippen LogP contribution >= 0.6 is 0 Å². The van der Waals surface area contributed by atoms with E-state index in [1.807, 2.05) is 0 Å². The monoisotopic (exact) mass is 610 g/mol. The lowest BCUT2D eigenvalue weighted by atomic mass is 9.77. The predicted octanol–water partition coefficient (Wildman–Crippen LogP) is 13.1. The summed E-state index contributed by atoms with van der Waals surface area (Å²) >= 11 is 0. The van der Waals surface area contributed by atoms with Crippen LogP contribution in [0.4, 0.5) is 34.1 Å². The number of benzene rings is 6. The average Bonchev–Trinajstić information content (AvgIpc) is 3.46. The molecule has 232 valence electrons. The van der Waals surface area contributed by atoms with E-state index in [1.165, 1.54) is 54.4 Å². The van der Waals surface area contributed by atoms with Gasteiger partial charge in [0.1, 0.15) is 0 Å². The minimum absolute atomic E-state index is 0.688. The Morgan fingerprint density at radius 1 is 0.383 bits per heavy atom. The van der Waals surface area contributed by atoms with Gasteiger partial charge in [-0.1, -0.05) is 96.4 Å². The van der Waals surface area contributed by atoms with Crippen molar-refractivity contribution in [3.63, 3.8) is 0 Å². The normalized spacial score (nSPS) is 16.7. The van der Waals surface area contributed by atoms with Crippen molar-refractivity contribution in [3.05, 3.63) is 168 Å². The first-order valence-corrected chi connectivity index (χ1v) is 17.2. The fourth-order valence-corrected chi connectivity index (χ4v) is 7.86. The Bertz CT molecular complexity index is 1890. The van der Waals surface area contributed by atoms with Crippen molar-refractivity contribution in [3.8, 4) is 11.1 Å². The van der Waals surface area contributed by atoms with Crippen LogP contribution in [0.2, 0.25) is 0 Å². The zero-order valence-electron chi connectivity index (χ0n) is 27.4. The number of para-hydroxylation sites is 2. The van der Waals surface area contributed by atoms with E-state index in [2.05, 4.69) is 169 Å². The third-order valence-corrected chi connectivity index (χ3v) is 10.3. The summed E-state index contributed by atoms with van der Waals surface area (Å²) in [5.41, 5.74) is 15.1. The van der Waals surface area contributed by atoms with Crippen LogP contribution in [0, 0.1) is 13.8 Å². The number of nitrogens with zero attached hydrogens (tertiary/aromatic N) is 2. The molecule has 0 aliphatic heterocycles. The lowest BCUT2D eigenvalue weighted by Crippen LogP contribution is -2.14. The maximum atomic E-state index is 2.54. The predicted molar refractivity (Wildman–Crippen MR) is 199 cm³/mol. The summed E-state index contributed by atoms with van der Waals surface area (Å²) in [5.74, 6) is 1.41. The van der Waals surface area contributed by atoms with Crippen LogP contribution in [0.5, 0.6) is 0 Å². The summed E-state index contributed by atoms with van der Waals surface area (Å²) in [5, 5.41) is 0. The highest BCUT2D eigenvalue weighted by atomic mass is 15.2. The standard InChI is InChI=1S/C45H42N2/c1-32-16-23-40(24-17-32)47(41-25-18-33(2)19-26-41)43-29-37(36-22-27-44-34-10-9-11-35(21-20-34)45(44)30-36)28-42(31-43)46(38-12-5-3-6-13-38)39-14-7-4-8-15-39/h3-8,12-19,22-31,34-35H,9-11,20-21H2,1-2H3. The van der Waals surface area contributed by atoms with Gasteiger partial charge in [0.05, 0.1) is 0 Å². The molecular weight excluding hydrogens is 569 g/mol. The molecule has 47 heavy (non-hydrogen) atoms. The Balaban J connectivity index is 1.36. The molecule has 0 radical (unpaired) electrons. The van der Waals surface area contributed by atoms with E-state index < -0.39 is 0 Å². The first-order chi connectivity index (χ1) is 23.1. The van der Waals surface area contributed by atoms with Gasteiger partial charge in [0.25, 0.3) is 0 Å². The lowest BCUT2D eigenvalue weighted by Gasteiger charge is -2.31. The molecule has 3 aliphatic rings. The molecule has 2 unspecified atom stereocenters. The van der Waals surface area contributed by atoms with Crippen LogP contribution in [0.15, 0.2) is 146 Å². The van der Waals surface area contributed by atoms with E-state index in [9.17, 15) is 0 Å². The van der Waals surface area contributed by atoms with Gasteiger partial charge in [-0.2, -0.15) is 0 Å². The molecule has 0 aromatic heterocycles. The van der Waals surface area contributed by atoms with Gasteiger partial charge < -0.3 is 9.80 Å². The van der Waals surface area contributed by atoms with Crippen LogP contribution in [0.25, 0.3) is 11.1 Å². The molecule has 9 rings (SSSR count). The molecule has 2 atom stereocenters. The summed E-state index contributed by atoms with van der Waals surface area (Å²) < 4.78 is 0. The number of aryl methyl sites for hydroxylation is 2. The summed E-state index contributed by atoms with van der Waals surface area (Å²) in [4.78, 5) is 4.80. The van der Waals surface area contributed by atoms with E-state index in [0.29, 0.717) is 5.92 Å². The van der Waals surface area contributed by atoms with E-state index >= 15 is 0 Å². The van der Waals surface area contributed by atoms with Crippen molar-refractivity contribution >= 4 is 34.1 Å². The van der Waals surface area contributed by atoms with Gasteiger partial charge in [-0.05, 0) is 140 Å². The molecule has 0 spiro atoms. The molecule has 1 saturated carbocycles. The zero-order chi connectivity index (χ0) is 31.7. The van der Waals surface area contributed by atoms with Crippen molar-refractivity contribution in [2.24, 2.45) is 0 Å². The Kier molecular flexibility index (Phi) is 7.87. The van der Waals surface area contributed by atoms with Gasteiger partial charge in [-0.25, -0.2) is 0 Å². The van der Waals surface area contributed by atoms with Crippen LogP contribution in [-0.2, 0) is 0 Å². The number of fused-ring (bicyclic) bond motifs is 3. The van der Waals surface area contributed by atoms with Gasteiger partial charge in [-0.3, -0.25) is 0 Å². The molecule has 1 fully saturated rings. The van der Waals surface area contributed by atoms with Crippen LogP contribution in [0.1, 0.15) is 66.2 Å². The molecule has 6 aromatic rings. The topological polar surface area (TPSA) is 6.48 Å². The molecule has 2 bridgehead atoms. The first-order valence-electron chi connectivity index (χ1n) is 17.2. The molecule has 0 amide bonds. The second kappa shape index (κ2) is 12.6. The number of anilines is 6. The van der Waals surface area contributed by atoms with Crippen molar-refractivity contribution in [1.82, 2.24) is 0 Å². The summed E-state index contributed by atoms with van der Waals surface area (Å²) in [6.45, 7) is 4.31. The van der Waals surface area contributed by atoms with Gasteiger partial charge >= 0.3 is 0 Å². The van der Waals surface area contributed by atoms with Gasteiger partial charge in [-0.15, -0.1) is 0 Å². The largest absolute Gasteiger partial charge is 0.310 e. The van der Waals surface area contributed by atoms with E-state index in [-0.39, 0.29) is 0 Å². The smallest absolute Gasteiger partial charge is 0.0488 e. The summed E-state index contributed by atoms with van der Waals surface area (Å²) in [7, 11) is 0. The minimum Gasteiger partial charge on any atom is -0.310 e. The fraction of sp³-hybridized carbons (Fsp3) is 0.200. The van der Waals surface area contributed by atoms with E-state index in [0.717, 1.165) is 40.0 Å². The number of rotatable bonds is 7. The third kappa shape index (κ3) is 5.85. The molecule has 2 nitrogen and oxygen atoms in total. The third-order valence-electron chi connectivity index (χ3n) is 10.3. The quantitative estimate of drug-likeness (QED) is 0.177. The Morgan fingerprint density at radius 2 is 0.851 bits per heavy atom. The molecule has 3 aliphatic carbocycles. The van der Waals surface area contributed by atoms with E-state index in [1.54, 1.807) is 11.1 Å². The lowest BCUT2D eigenvalue weighted by molar-refractivity contribution is 0.527. The zero-order valence-corrected chi connectivity index (χ0v) is 27.4. The molecule has 2 heteroatoms. The number of hydrogen-bond acceptors (Lipinski definition) is 2. The Hall–Kier alpha value is -5.08. The second-order valence-electron chi connectivity index (χ2n) is 13.5. The maximum Gasteiger partial charge on any atom is 0.0488 e. The highest BCUT2D eigenvalue weighted by Crippen LogP contribution is 2.49. The number of hydrogen-bond donors (Lipinski definition) is 0. The average molecular weight is 611 g/mol. The van der Waals surface area contributed by atoms with Gasteiger partial charge in [0.2, 0.25) is 0 Å². The van der Waals surface area contributed by atoms with Crippen molar-refractivity contribution in [1.29, 1.82) is 0 Å². The van der Waals surface area contributed by atoms with Gasteiger partial charge in [0.15, 0.2) is 0 Å². The molecule has 0 heterocycles. The highest BCUT2D eigenvalue weighted by molar-refractivity contribution is 5.87. The van der Waals surface area contributed by atoms with Crippen LogP contribution in [0.3, 0.4) is 0 Å². The highest BCUT2D eigenvalue weighted by Gasteiger charge is 2.30. The fourth-order valence-electron chi connectivity index (χ4n) is 7.86. The summed E-state index contributed by atoms with van der Waals surface area (Å²) in [6.07, 6.45) is 6.69. The van der Waals surface area contributed by atoms with Gasteiger partial charge in [0, 0.05) is 34.1 Å². The minimum atomic E-state index is 0.688. The van der Waals surface area contributed by atoms with Crippen molar-refractivity contribution < 1.29 is 0 Å². The molecule has 6 aromatic carbocycles.